The predicted molar refractivity (Wildman–Crippen MR) is 120 cm³/mol. The van der Waals surface area contributed by atoms with E-state index in [0.29, 0.717) is 11.8 Å². The van der Waals surface area contributed by atoms with Crippen LogP contribution in [-0.4, -0.2) is 24.2 Å². The first-order chi connectivity index (χ1) is 14.1. The predicted octanol–water partition coefficient (Wildman–Crippen LogP) is 5.90. The Hall–Kier alpha value is -3.32. The SMILES string of the molecule is COc1cccc(Nc2nc(Nc3cccc(OC)c3)c3cc(Br)ccc3n2)c1. The third kappa shape index (κ3) is 4.41. The first-order valence-corrected chi connectivity index (χ1v) is 9.73. The van der Waals surface area contributed by atoms with Crippen LogP contribution in [0.25, 0.3) is 10.9 Å². The van der Waals surface area contributed by atoms with Crippen LogP contribution in [0.5, 0.6) is 11.5 Å². The van der Waals surface area contributed by atoms with Crippen LogP contribution in [0.15, 0.2) is 71.2 Å². The molecule has 4 aromatic rings. The average molecular weight is 451 g/mol. The molecule has 29 heavy (non-hydrogen) atoms. The number of nitrogens with one attached hydrogen (secondary N) is 2. The Morgan fingerprint density at radius 3 is 2.07 bits per heavy atom. The van der Waals surface area contributed by atoms with Gasteiger partial charge in [-0.3, -0.25) is 0 Å². The lowest BCUT2D eigenvalue weighted by Gasteiger charge is -2.13. The van der Waals surface area contributed by atoms with Crippen molar-refractivity contribution in [2.24, 2.45) is 0 Å². The van der Waals surface area contributed by atoms with Gasteiger partial charge >= 0.3 is 0 Å². The van der Waals surface area contributed by atoms with Crippen molar-refractivity contribution >= 4 is 50.0 Å². The zero-order chi connectivity index (χ0) is 20.2. The first kappa shape index (κ1) is 19.0. The monoisotopic (exact) mass is 450 g/mol. The fraction of sp³-hybridized carbons (Fsp3) is 0.0909. The summed E-state index contributed by atoms with van der Waals surface area (Å²) in [5.74, 6) is 2.70. The van der Waals surface area contributed by atoms with Crippen molar-refractivity contribution in [3.05, 3.63) is 71.2 Å². The first-order valence-electron chi connectivity index (χ1n) is 8.94. The second-order valence-electron chi connectivity index (χ2n) is 6.27. The van der Waals surface area contributed by atoms with E-state index in [1.54, 1.807) is 14.2 Å². The highest BCUT2D eigenvalue weighted by atomic mass is 79.9. The number of nitrogens with zero attached hydrogens (tertiary/aromatic N) is 2. The van der Waals surface area contributed by atoms with Gasteiger partial charge in [0.2, 0.25) is 5.95 Å². The van der Waals surface area contributed by atoms with Crippen molar-refractivity contribution in [3.63, 3.8) is 0 Å². The Morgan fingerprint density at radius 1 is 0.759 bits per heavy atom. The van der Waals surface area contributed by atoms with Crippen LogP contribution in [0.1, 0.15) is 0 Å². The van der Waals surface area contributed by atoms with Crippen LogP contribution in [-0.2, 0) is 0 Å². The number of hydrogen-bond acceptors (Lipinski definition) is 6. The van der Waals surface area contributed by atoms with Gasteiger partial charge in [0.1, 0.15) is 17.3 Å². The summed E-state index contributed by atoms with van der Waals surface area (Å²) >= 11 is 3.53. The summed E-state index contributed by atoms with van der Waals surface area (Å²) in [5, 5.41) is 7.54. The van der Waals surface area contributed by atoms with Gasteiger partial charge < -0.3 is 20.1 Å². The van der Waals surface area contributed by atoms with Crippen LogP contribution in [0.3, 0.4) is 0 Å². The third-order valence-electron chi connectivity index (χ3n) is 4.32. The van der Waals surface area contributed by atoms with Gasteiger partial charge in [0, 0.05) is 33.4 Å². The highest BCUT2D eigenvalue weighted by Crippen LogP contribution is 2.30. The topological polar surface area (TPSA) is 68.3 Å². The number of benzene rings is 3. The van der Waals surface area contributed by atoms with Gasteiger partial charge in [0.05, 0.1) is 19.7 Å². The number of hydrogen-bond donors (Lipinski definition) is 2. The molecule has 0 bridgehead atoms. The maximum atomic E-state index is 5.32. The number of anilines is 4. The zero-order valence-electron chi connectivity index (χ0n) is 15.9. The molecule has 1 aromatic heterocycles. The molecule has 0 saturated carbocycles. The summed E-state index contributed by atoms with van der Waals surface area (Å²) in [6, 6.07) is 21.2. The van der Waals surface area contributed by atoms with E-state index in [-0.39, 0.29) is 0 Å². The molecule has 0 aliphatic carbocycles. The smallest absolute Gasteiger partial charge is 0.229 e. The molecule has 0 spiro atoms. The molecule has 3 aromatic carbocycles. The van der Waals surface area contributed by atoms with Gasteiger partial charge in [0.15, 0.2) is 0 Å². The van der Waals surface area contributed by atoms with E-state index >= 15 is 0 Å². The van der Waals surface area contributed by atoms with Gasteiger partial charge in [-0.05, 0) is 42.5 Å². The molecular weight excluding hydrogens is 432 g/mol. The van der Waals surface area contributed by atoms with E-state index in [0.717, 1.165) is 38.2 Å². The fourth-order valence-corrected chi connectivity index (χ4v) is 3.28. The van der Waals surface area contributed by atoms with Crippen molar-refractivity contribution in [2.45, 2.75) is 0 Å². The maximum absolute atomic E-state index is 5.32. The quantitative estimate of drug-likeness (QED) is 0.381. The Morgan fingerprint density at radius 2 is 1.41 bits per heavy atom. The van der Waals surface area contributed by atoms with Gasteiger partial charge in [-0.25, -0.2) is 4.98 Å². The molecule has 1 heterocycles. The number of methoxy groups -OCH3 is 2. The summed E-state index contributed by atoms with van der Waals surface area (Å²) in [5.41, 5.74) is 2.53. The van der Waals surface area contributed by atoms with Gasteiger partial charge in [-0.1, -0.05) is 28.1 Å². The van der Waals surface area contributed by atoms with E-state index in [2.05, 4.69) is 31.5 Å². The van der Waals surface area contributed by atoms with Crippen LogP contribution in [0, 0.1) is 0 Å². The van der Waals surface area contributed by atoms with E-state index in [1.807, 2.05) is 66.7 Å². The summed E-state index contributed by atoms with van der Waals surface area (Å²) in [6.07, 6.45) is 0. The molecule has 0 amide bonds. The Kier molecular flexibility index (Phi) is 5.48. The summed E-state index contributed by atoms with van der Waals surface area (Å²) < 4.78 is 11.6. The highest BCUT2D eigenvalue weighted by molar-refractivity contribution is 9.10. The molecule has 146 valence electrons. The van der Waals surface area contributed by atoms with Crippen molar-refractivity contribution in [2.75, 3.05) is 24.9 Å². The van der Waals surface area contributed by atoms with E-state index in [1.165, 1.54) is 0 Å². The minimum Gasteiger partial charge on any atom is -0.497 e. The van der Waals surface area contributed by atoms with E-state index in [4.69, 9.17) is 14.5 Å². The fourth-order valence-electron chi connectivity index (χ4n) is 2.92. The normalized spacial score (nSPS) is 10.6. The zero-order valence-corrected chi connectivity index (χ0v) is 17.5. The number of fused-ring (bicyclic) bond motifs is 1. The molecule has 2 N–H and O–H groups in total. The maximum Gasteiger partial charge on any atom is 0.229 e. The number of rotatable bonds is 6. The Bertz CT molecular complexity index is 1170. The van der Waals surface area contributed by atoms with Gasteiger partial charge in [-0.2, -0.15) is 4.98 Å². The summed E-state index contributed by atoms with van der Waals surface area (Å²) in [7, 11) is 3.28. The highest BCUT2D eigenvalue weighted by Gasteiger charge is 2.10. The second kappa shape index (κ2) is 8.36. The Balaban J connectivity index is 1.75. The molecule has 0 fully saturated rings. The van der Waals surface area contributed by atoms with Crippen molar-refractivity contribution in [3.8, 4) is 11.5 Å². The van der Waals surface area contributed by atoms with Crippen LogP contribution in [0.2, 0.25) is 0 Å². The van der Waals surface area contributed by atoms with Crippen LogP contribution in [0.4, 0.5) is 23.1 Å². The summed E-state index contributed by atoms with van der Waals surface area (Å²) in [6.45, 7) is 0. The standard InChI is InChI=1S/C22H19BrN4O2/c1-28-17-7-3-5-15(12-17)24-21-19-11-14(23)9-10-20(19)26-22(27-21)25-16-6-4-8-18(13-16)29-2/h3-13H,1-2H3,(H2,24,25,26,27). The molecule has 4 rings (SSSR count). The number of ether oxygens (including phenoxy) is 2. The molecule has 6 nitrogen and oxygen atoms in total. The lowest BCUT2D eigenvalue weighted by Crippen LogP contribution is -2.02. The number of halogens is 1. The lowest BCUT2D eigenvalue weighted by atomic mass is 10.2. The molecule has 0 aliphatic heterocycles. The summed E-state index contributed by atoms with van der Waals surface area (Å²) in [4.78, 5) is 9.36. The van der Waals surface area contributed by atoms with Gasteiger partial charge in [0.25, 0.3) is 0 Å². The Labute approximate surface area is 177 Å². The largest absolute Gasteiger partial charge is 0.497 e. The average Bonchev–Trinajstić information content (AvgIpc) is 2.74. The van der Waals surface area contributed by atoms with Crippen molar-refractivity contribution in [1.29, 1.82) is 0 Å². The number of aromatic nitrogens is 2. The molecule has 0 unspecified atom stereocenters. The van der Waals surface area contributed by atoms with Crippen LogP contribution >= 0.6 is 15.9 Å². The second-order valence-corrected chi connectivity index (χ2v) is 7.19. The molecule has 7 heteroatoms. The van der Waals surface area contributed by atoms with E-state index < -0.39 is 0 Å². The molecule has 0 atom stereocenters. The lowest BCUT2D eigenvalue weighted by molar-refractivity contribution is 0.415. The minimum absolute atomic E-state index is 0.485. The molecule has 0 aliphatic rings. The molecular formula is C22H19BrN4O2. The van der Waals surface area contributed by atoms with Crippen molar-refractivity contribution < 1.29 is 9.47 Å². The third-order valence-corrected chi connectivity index (χ3v) is 4.81. The van der Waals surface area contributed by atoms with E-state index in [9.17, 15) is 0 Å². The van der Waals surface area contributed by atoms with Crippen molar-refractivity contribution in [1.82, 2.24) is 9.97 Å². The van der Waals surface area contributed by atoms with Gasteiger partial charge in [-0.15, -0.1) is 0 Å². The molecule has 0 radical (unpaired) electrons. The minimum atomic E-state index is 0.485. The molecule has 0 saturated heterocycles. The van der Waals surface area contributed by atoms with Crippen LogP contribution < -0.4 is 20.1 Å².